The number of nitro groups is 1. The van der Waals surface area contributed by atoms with Crippen molar-refractivity contribution in [1.82, 2.24) is 4.98 Å². The van der Waals surface area contributed by atoms with Crippen molar-refractivity contribution in [2.45, 2.75) is 31.7 Å². The van der Waals surface area contributed by atoms with Gasteiger partial charge in [-0.2, -0.15) is 0 Å². The Balaban J connectivity index is 2.20. The Morgan fingerprint density at radius 3 is 2.95 bits per heavy atom. The van der Waals surface area contributed by atoms with E-state index in [1.165, 1.54) is 12.5 Å². The smallest absolute Gasteiger partial charge is 0.312 e. The topological polar surface area (TPSA) is 94.1 Å². The lowest BCUT2D eigenvalue weighted by molar-refractivity contribution is -0.384. The molecule has 2 atom stereocenters. The molecule has 1 aromatic heterocycles. The van der Waals surface area contributed by atoms with Crippen molar-refractivity contribution in [1.29, 1.82) is 0 Å². The number of pyridine rings is 1. The van der Waals surface area contributed by atoms with Crippen LogP contribution in [-0.2, 0) is 0 Å². The van der Waals surface area contributed by atoms with E-state index < -0.39 is 4.92 Å². The summed E-state index contributed by atoms with van der Waals surface area (Å²) in [4.78, 5) is 14.8. The molecule has 0 amide bonds. The van der Waals surface area contributed by atoms with Crippen molar-refractivity contribution in [3.05, 3.63) is 26.9 Å². The van der Waals surface area contributed by atoms with Gasteiger partial charge < -0.3 is 11.1 Å². The van der Waals surface area contributed by atoms with Crippen LogP contribution < -0.4 is 11.1 Å². The molecule has 3 N–H and O–H groups in total. The molecular weight excluding hydrogens is 312 g/mol. The first kappa shape index (κ1) is 14.2. The van der Waals surface area contributed by atoms with Crippen LogP contribution in [0.4, 0.5) is 11.5 Å². The summed E-state index contributed by atoms with van der Waals surface area (Å²) >= 11 is 3.20. The average molecular weight is 329 g/mol. The van der Waals surface area contributed by atoms with Crippen molar-refractivity contribution in [2.75, 3.05) is 11.9 Å². The van der Waals surface area contributed by atoms with Gasteiger partial charge in [-0.25, -0.2) is 4.98 Å². The van der Waals surface area contributed by atoms with Crippen LogP contribution in [0.2, 0.25) is 0 Å². The zero-order chi connectivity index (χ0) is 13.8. The predicted molar refractivity (Wildman–Crippen MR) is 77.0 cm³/mol. The molecule has 1 aromatic rings. The maximum absolute atomic E-state index is 11.0. The normalized spacial score (nSPS) is 23.1. The van der Waals surface area contributed by atoms with E-state index in [1.807, 2.05) is 0 Å². The summed E-state index contributed by atoms with van der Waals surface area (Å²) in [6.07, 6.45) is 5.92. The van der Waals surface area contributed by atoms with Gasteiger partial charge in [0.05, 0.1) is 4.92 Å². The molecule has 0 aromatic carbocycles. The molecule has 7 heteroatoms. The fourth-order valence-corrected chi connectivity index (χ4v) is 2.85. The van der Waals surface area contributed by atoms with Gasteiger partial charge in [0.2, 0.25) is 5.82 Å². The Labute approximate surface area is 120 Å². The van der Waals surface area contributed by atoms with Gasteiger partial charge in [0.15, 0.2) is 0 Å². The van der Waals surface area contributed by atoms with E-state index in [4.69, 9.17) is 5.73 Å². The Morgan fingerprint density at radius 2 is 2.26 bits per heavy atom. The first-order valence-corrected chi connectivity index (χ1v) is 7.17. The quantitative estimate of drug-likeness (QED) is 0.654. The van der Waals surface area contributed by atoms with Crippen molar-refractivity contribution >= 4 is 27.4 Å². The second kappa shape index (κ2) is 6.29. The summed E-state index contributed by atoms with van der Waals surface area (Å²) < 4.78 is 0.601. The molecule has 1 heterocycles. The van der Waals surface area contributed by atoms with Crippen LogP contribution in [0, 0.1) is 16.0 Å². The molecule has 1 aliphatic rings. The lowest BCUT2D eigenvalue weighted by Crippen LogP contribution is -2.37. The van der Waals surface area contributed by atoms with Gasteiger partial charge in [-0.15, -0.1) is 0 Å². The van der Waals surface area contributed by atoms with Crippen LogP contribution in [0.1, 0.15) is 25.7 Å². The summed E-state index contributed by atoms with van der Waals surface area (Å²) in [5, 5.41) is 14.3. The molecule has 0 spiro atoms. The maximum Gasteiger partial charge on any atom is 0.312 e. The highest BCUT2D eigenvalue weighted by Crippen LogP contribution is 2.30. The minimum Gasteiger partial charge on any atom is -0.361 e. The number of nitrogens with one attached hydrogen (secondary N) is 1. The molecule has 0 radical (unpaired) electrons. The van der Waals surface area contributed by atoms with Gasteiger partial charge in [0.1, 0.15) is 0 Å². The Morgan fingerprint density at radius 1 is 1.53 bits per heavy atom. The van der Waals surface area contributed by atoms with Gasteiger partial charge >= 0.3 is 5.69 Å². The zero-order valence-corrected chi connectivity index (χ0v) is 12.1. The standard InChI is InChI=1S/C12H17BrN4O2/c13-9-5-11(17(18)19)12(15-7-9)16-10-4-2-1-3-8(10)6-14/h5,7-8,10H,1-4,6,14H2,(H,15,16). The molecule has 2 rings (SSSR count). The number of halogens is 1. The maximum atomic E-state index is 11.0. The first-order chi connectivity index (χ1) is 9.11. The SMILES string of the molecule is NCC1CCCCC1Nc1ncc(Br)cc1[N+](=O)[O-]. The summed E-state index contributed by atoms with van der Waals surface area (Å²) in [6.45, 7) is 0.599. The van der Waals surface area contributed by atoms with Crippen LogP contribution in [0.15, 0.2) is 16.7 Å². The number of rotatable bonds is 4. The van der Waals surface area contributed by atoms with Crippen LogP contribution in [0.5, 0.6) is 0 Å². The number of nitrogens with zero attached hydrogens (tertiary/aromatic N) is 2. The lowest BCUT2D eigenvalue weighted by atomic mass is 9.84. The van der Waals surface area contributed by atoms with E-state index in [0.717, 1.165) is 19.3 Å². The van der Waals surface area contributed by atoms with Crippen molar-refractivity contribution in [2.24, 2.45) is 11.7 Å². The van der Waals surface area contributed by atoms with Crippen LogP contribution in [0.25, 0.3) is 0 Å². The minimum atomic E-state index is -0.416. The van der Waals surface area contributed by atoms with Crippen molar-refractivity contribution in [3.8, 4) is 0 Å². The fraction of sp³-hybridized carbons (Fsp3) is 0.583. The zero-order valence-electron chi connectivity index (χ0n) is 10.5. The van der Waals surface area contributed by atoms with E-state index in [2.05, 4.69) is 26.2 Å². The van der Waals surface area contributed by atoms with E-state index >= 15 is 0 Å². The Kier molecular flexibility index (Phi) is 4.71. The number of anilines is 1. The molecule has 1 aliphatic carbocycles. The second-order valence-electron chi connectivity index (χ2n) is 4.81. The second-order valence-corrected chi connectivity index (χ2v) is 5.73. The summed E-state index contributed by atoms with van der Waals surface area (Å²) in [6, 6.07) is 1.64. The Hall–Kier alpha value is -1.21. The number of aromatic nitrogens is 1. The molecule has 19 heavy (non-hydrogen) atoms. The number of nitrogens with two attached hydrogens (primary N) is 1. The third-order valence-electron chi connectivity index (χ3n) is 3.56. The highest BCUT2D eigenvalue weighted by Gasteiger charge is 2.26. The van der Waals surface area contributed by atoms with Crippen LogP contribution in [0.3, 0.4) is 0 Å². The fourth-order valence-electron chi connectivity index (χ4n) is 2.53. The van der Waals surface area contributed by atoms with E-state index in [9.17, 15) is 10.1 Å². The molecule has 0 aliphatic heterocycles. The molecule has 2 unspecified atom stereocenters. The molecule has 1 fully saturated rings. The third-order valence-corrected chi connectivity index (χ3v) is 4.00. The summed E-state index contributed by atoms with van der Waals surface area (Å²) in [5.41, 5.74) is 5.76. The molecule has 6 nitrogen and oxygen atoms in total. The van der Waals surface area contributed by atoms with Crippen LogP contribution in [-0.4, -0.2) is 22.5 Å². The highest BCUT2D eigenvalue weighted by molar-refractivity contribution is 9.10. The van der Waals surface area contributed by atoms with Gasteiger partial charge in [-0.3, -0.25) is 10.1 Å². The van der Waals surface area contributed by atoms with Crippen molar-refractivity contribution in [3.63, 3.8) is 0 Å². The summed E-state index contributed by atoms with van der Waals surface area (Å²) in [5.74, 6) is 0.692. The molecule has 0 saturated heterocycles. The molecule has 104 valence electrons. The minimum absolute atomic E-state index is 0.00396. The summed E-state index contributed by atoms with van der Waals surface area (Å²) in [7, 11) is 0. The number of hydrogen-bond acceptors (Lipinski definition) is 5. The average Bonchev–Trinajstić information content (AvgIpc) is 2.41. The first-order valence-electron chi connectivity index (χ1n) is 6.38. The van der Waals surface area contributed by atoms with Gasteiger partial charge in [0, 0.05) is 22.8 Å². The van der Waals surface area contributed by atoms with E-state index in [1.54, 1.807) is 6.20 Å². The molecule has 0 bridgehead atoms. The van der Waals surface area contributed by atoms with Gasteiger partial charge in [-0.1, -0.05) is 12.8 Å². The van der Waals surface area contributed by atoms with E-state index in [-0.39, 0.29) is 11.7 Å². The number of hydrogen-bond donors (Lipinski definition) is 2. The largest absolute Gasteiger partial charge is 0.361 e. The van der Waals surface area contributed by atoms with Crippen molar-refractivity contribution < 1.29 is 4.92 Å². The van der Waals surface area contributed by atoms with E-state index in [0.29, 0.717) is 22.8 Å². The molecular formula is C12H17BrN4O2. The van der Waals surface area contributed by atoms with Crippen LogP contribution >= 0.6 is 15.9 Å². The lowest BCUT2D eigenvalue weighted by Gasteiger charge is -2.31. The molecule has 1 saturated carbocycles. The van der Waals surface area contributed by atoms with Gasteiger partial charge in [-0.05, 0) is 41.2 Å². The Bertz CT molecular complexity index is 469. The highest BCUT2D eigenvalue weighted by atomic mass is 79.9. The predicted octanol–water partition coefficient (Wildman–Crippen LogP) is 2.68. The third kappa shape index (κ3) is 3.42. The van der Waals surface area contributed by atoms with Gasteiger partial charge in [0.25, 0.3) is 0 Å². The monoisotopic (exact) mass is 328 g/mol.